The fourth-order valence-electron chi connectivity index (χ4n) is 3.69. The number of rotatable bonds is 7. The molecular weight excluding hydrogens is 436 g/mol. The van der Waals surface area contributed by atoms with Crippen molar-refractivity contribution < 1.29 is 4.79 Å². The average molecular weight is 463 g/mol. The molecule has 3 heterocycles. The molecule has 3 aromatic heterocycles. The maximum Gasteiger partial charge on any atom is 0.261 e. The number of aromatic nitrogens is 5. The van der Waals surface area contributed by atoms with Gasteiger partial charge in [0, 0.05) is 36.6 Å². The summed E-state index contributed by atoms with van der Waals surface area (Å²) in [4.78, 5) is 30.2. The van der Waals surface area contributed by atoms with Gasteiger partial charge in [0.2, 0.25) is 5.91 Å². The molecule has 4 rings (SSSR count). The van der Waals surface area contributed by atoms with Gasteiger partial charge >= 0.3 is 0 Å². The van der Waals surface area contributed by atoms with E-state index in [1.54, 1.807) is 10.6 Å². The summed E-state index contributed by atoms with van der Waals surface area (Å²) in [5.74, 6) is 0.750. The topological polar surface area (TPSA) is 94.2 Å². The highest BCUT2D eigenvalue weighted by molar-refractivity contribution is 7.99. The van der Waals surface area contributed by atoms with Crippen LogP contribution in [0.4, 0.5) is 5.69 Å². The summed E-state index contributed by atoms with van der Waals surface area (Å²) >= 11 is 1.31. The lowest BCUT2D eigenvalue weighted by Crippen LogP contribution is -2.23. The number of fused-ring (bicyclic) bond motifs is 1. The number of para-hydroxylation sites is 1. The molecule has 0 aliphatic carbocycles. The Labute approximate surface area is 196 Å². The van der Waals surface area contributed by atoms with Gasteiger partial charge in [-0.2, -0.15) is 0 Å². The van der Waals surface area contributed by atoms with Gasteiger partial charge in [-0.25, -0.2) is 4.98 Å². The molecule has 0 atom stereocenters. The predicted octanol–water partition coefficient (Wildman–Crippen LogP) is 3.32. The number of amides is 1. The molecule has 0 saturated heterocycles. The normalized spacial score (nSPS) is 11.2. The van der Waals surface area contributed by atoms with Crippen LogP contribution in [0.5, 0.6) is 0 Å². The van der Waals surface area contributed by atoms with E-state index >= 15 is 0 Å². The first kappa shape index (κ1) is 22.7. The van der Waals surface area contributed by atoms with Gasteiger partial charge in [-0.1, -0.05) is 43.0 Å². The Morgan fingerprint density at radius 2 is 1.91 bits per heavy atom. The number of hydrogen-bond donors (Lipinski definition) is 1. The van der Waals surface area contributed by atoms with Crippen LogP contribution in [0.25, 0.3) is 5.65 Å². The molecule has 1 amide bonds. The zero-order valence-electron chi connectivity index (χ0n) is 19.1. The quantitative estimate of drug-likeness (QED) is 0.424. The highest BCUT2D eigenvalue weighted by atomic mass is 32.2. The van der Waals surface area contributed by atoms with Crippen molar-refractivity contribution in [2.24, 2.45) is 7.05 Å². The lowest BCUT2D eigenvalue weighted by molar-refractivity contribution is -0.113. The zero-order valence-corrected chi connectivity index (χ0v) is 19.9. The Morgan fingerprint density at radius 3 is 2.70 bits per heavy atom. The van der Waals surface area contributed by atoms with E-state index in [1.165, 1.54) is 11.8 Å². The third-order valence-electron chi connectivity index (χ3n) is 5.61. The van der Waals surface area contributed by atoms with Crippen LogP contribution in [0.1, 0.15) is 35.1 Å². The van der Waals surface area contributed by atoms with E-state index in [9.17, 15) is 9.59 Å². The van der Waals surface area contributed by atoms with E-state index < -0.39 is 0 Å². The molecule has 0 saturated carbocycles. The van der Waals surface area contributed by atoms with Crippen LogP contribution in [0.15, 0.2) is 52.5 Å². The minimum Gasteiger partial charge on any atom is -0.325 e. The predicted molar refractivity (Wildman–Crippen MR) is 130 cm³/mol. The van der Waals surface area contributed by atoms with Crippen LogP contribution >= 0.6 is 11.8 Å². The Kier molecular flexibility index (Phi) is 6.60. The first-order chi connectivity index (χ1) is 15.9. The summed E-state index contributed by atoms with van der Waals surface area (Å²) in [5.41, 5.74) is 4.69. The minimum atomic E-state index is -0.104. The number of carbonyl (C=O) groups excluding carboxylic acids is 1. The second-order valence-corrected chi connectivity index (χ2v) is 8.79. The zero-order chi connectivity index (χ0) is 23.5. The number of pyridine rings is 1. The van der Waals surface area contributed by atoms with Crippen LogP contribution in [0.3, 0.4) is 0 Å². The molecule has 0 radical (unpaired) electrons. The van der Waals surface area contributed by atoms with Crippen molar-refractivity contribution in [1.29, 1.82) is 0 Å². The summed E-state index contributed by atoms with van der Waals surface area (Å²) in [5, 5.41) is 12.1. The van der Waals surface area contributed by atoms with Gasteiger partial charge in [0.1, 0.15) is 11.5 Å². The number of aryl methyl sites for hydroxylation is 3. The number of benzene rings is 1. The highest BCUT2D eigenvalue weighted by Gasteiger charge is 2.17. The summed E-state index contributed by atoms with van der Waals surface area (Å²) in [6.45, 7) is 5.83. The number of nitrogens with one attached hydrogen (secondary N) is 1. The molecule has 33 heavy (non-hydrogen) atoms. The van der Waals surface area contributed by atoms with Crippen LogP contribution < -0.4 is 10.9 Å². The fourth-order valence-corrected chi connectivity index (χ4v) is 4.42. The minimum absolute atomic E-state index is 0.103. The molecule has 0 aliphatic rings. The summed E-state index contributed by atoms with van der Waals surface area (Å²) < 4.78 is 3.39. The first-order valence-corrected chi connectivity index (χ1v) is 11.7. The number of hydrogen-bond acceptors (Lipinski definition) is 6. The number of nitrogens with zero attached hydrogens (tertiary/aromatic N) is 5. The van der Waals surface area contributed by atoms with E-state index in [-0.39, 0.29) is 17.2 Å². The first-order valence-electron chi connectivity index (χ1n) is 10.7. The van der Waals surface area contributed by atoms with E-state index in [0.717, 1.165) is 23.2 Å². The second-order valence-electron chi connectivity index (χ2n) is 7.85. The van der Waals surface area contributed by atoms with Crippen molar-refractivity contribution in [3.05, 3.63) is 81.2 Å². The third-order valence-corrected chi connectivity index (χ3v) is 6.63. The smallest absolute Gasteiger partial charge is 0.261 e. The monoisotopic (exact) mass is 462 g/mol. The maximum atomic E-state index is 13.1. The summed E-state index contributed by atoms with van der Waals surface area (Å²) in [7, 11) is 1.84. The summed E-state index contributed by atoms with van der Waals surface area (Å²) in [6, 6.07) is 11.6. The van der Waals surface area contributed by atoms with Gasteiger partial charge in [-0.3, -0.25) is 14.0 Å². The Hall–Kier alpha value is -3.46. The van der Waals surface area contributed by atoms with Gasteiger partial charge in [0.05, 0.1) is 5.75 Å². The van der Waals surface area contributed by atoms with Crippen molar-refractivity contribution in [2.75, 3.05) is 11.1 Å². The van der Waals surface area contributed by atoms with E-state index in [4.69, 9.17) is 0 Å². The molecule has 8 nitrogen and oxygen atoms in total. The van der Waals surface area contributed by atoms with Crippen LogP contribution in [-0.2, 0) is 24.7 Å². The standard InChI is InChI=1S/C24H26N6O2S/c1-5-17-10-6-7-11-19(17)26-21(31)14-33-24-28-27-20(29(24)4)13-18-16(3)25-22-15(2)9-8-12-30(22)23(18)32/h6-12H,5,13-14H2,1-4H3,(H,26,31). The van der Waals surface area contributed by atoms with E-state index in [0.29, 0.717) is 34.3 Å². The maximum absolute atomic E-state index is 13.1. The largest absolute Gasteiger partial charge is 0.325 e. The Balaban J connectivity index is 1.49. The second kappa shape index (κ2) is 9.58. The van der Waals surface area contributed by atoms with Crippen LogP contribution in [-0.4, -0.2) is 35.8 Å². The molecule has 4 aromatic rings. The van der Waals surface area contributed by atoms with Crippen molar-refractivity contribution in [3.63, 3.8) is 0 Å². The molecule has 1 N–H and O–H groups in total. The molecule has 0 spiro atoms. The van der Waals surface area contributed by atoms with Gasteiger partial charge in [-0.05, 0) is 43.5 Å². The van der Waals surface area contributed by atoms with Crippen molar-refractivity contribution in [1.82, 2.24) is 24.1 Å². The van der Waals surface area contributed by atoms with Crippen molar-refractivity contribution >= 4 is 29.0 Å². The molecule has 0 unspecified atom stereocenters. The van der Waals surface area contributed by atoms with Gasteiger partial charge < -0.3 is 9.88 Å². The van der Waals surface area contributed by atoms with Crippen molar-refractivity contribution in [2.45, 2.75) is 38.8 Å². The molecule has 170 valence electrons. The number of anilines is 1. The van der Waals surface area contributed by atoms with E-state index in [2.05, 4.69) is 27.4 Å². The van der Waals surface area contributed by atoms with Crippen molar-refractivity contribution in [3.8, 4) is 0 Å². The van der Waals surface area contributed by atoms with Gasteiger partial charge in [0.15, 0.2) is 5.16 Å². The van der Waals surface area contributed by atoms with Crippen LogP contribution in [0.2, 0.25) is 0 Å². The Bertz CT molecular complexity index is 1390. The third kappa shape index (κ3) is 4.68. The Morgan fingerprint density at radius 1 is 1.12 bits per heavy atom. The molecular formula is C24H26N6O2S. The van der Waals surface area contributed by atoms with Gasteiger partial charge in [-0.15, -0.1) is 10.2 Å². The number of thioether (sulfide) groups is 1. The average Bonchev–Trinajstić information content (AvgIpc) is 3.15. The van der Waals surface area contributed by atoms with E-state index in [1.807, 2.05) is 61.9 Å². The molecule has 1 aromatic carbocycles. The lowest BCUT2D eigenvalue weighted by atomic mass is 10.1. The number of carbonyl (C=O) groups is 1. The summed E-state index contributed by atoms with van der Waals surface area (Å²) in [6.07, 6.45) is 2.89. The molecule has 9 heteroatoms. The molecule has 0 bridgehead atoms. The molecule has 0 fully saturated rings. The lowest BCUT2D eigenvalue weighted by Gasteiger charge is -2.10. The fraction of sp³-hybridized carbons (Fsp3) is 0.292. The molecule has 0 aliphatic heterocycles. The van der Waals surface area contributed by atoms with Gasteiger partial charge in [0.25, 0.3) is 5.56 Å². The van der Waals surface area contributed by atoms with Crippen LogP contribution in [0, 0.1) is 13.8 Å². The SMILES string of the molecule is CCc1ccccc1NC(=O)CSc1nnc(Cc2c(C)nc3c(C)cccn3c2=O)n1C. The highest BCUT2D eigenvalue weighted by Crippen LogP contribution is 2.20.